The summed E-state index contributed by atoms with van der Waals surface area (Å²) in [4.78, 5) is 19.7. The van der Waals surface area contributed by atoms with Gasteiger partial charge in [0.2, 0.25) is 0 Å². The van der Waals surface area contributed by atoms with E-state index in [0.29, 0.717) is 16.7 Å². The lowest BCUT2D eigenvalue weighted by molar-refractivity contribution is 0.0692. The first-order chi connectivity index (χ1) is 9.08. The molecule has 100 valence electrons. The Kier molecular flexibility index (Phi) is 4.71. The first-order valence-electron chi connectivity index (χ1n) is 6.03. The van der Waals surface area contributed by atoms with Gasteiger partial charge in [-0.25, -0.2) is 4.98 Å². The van der Waals surface area contributed by atoms with E-state index in [9.17, 15) is 4.79 Å². The third-order valence-electron chi connectivity index (χ3n) is 2.76. The fourth-order valence-corrected chi connectivity index (χ4v) is 2.83. The Bertz CT molecular complexity index is 554. The maximum atomic E-state index is 12.5. The molecule has 0 radical (unpaired) electrons. The average Bonchev–Trinajstić information content (AvgIpc) is 2.87. The Morgan fingerprint density at radius 2 is 2.26 bits per heavy atom. The highest BCUT2D eigenvalue weighted by molar-refractivity contribution is 9.10. The number of amides is 1. The van der Waals surface area contributed by atoms with Crippen molar-refractivity contribution in [2.75, 3.05) is 0 Å². The van der Waals surface area contributed by atoms with Crippen LogP contribution in [-0.2, 0) is 6.54 Å². The van der Waals surface area contributed by atoms with Crippen LogP contribution in [0.3, 0.4) is 0 Å². The summed E-state index contributed by atoms with van der Waals surface area (Å²) in [7, 11) is 0. The third-order valence-corrected chi connectivity index (χ3v) is 4.06. The number of halogens is 1. The quantitative estimate of drug-likeness (QED) is 0.790. The van der Waals surface area contributed by atoms with Crippen LogP contribution in [-0.4, -0.2) is 21.8 Å². The monoisotopic (exact) mass is 338 g/mol. The number of pyridine rings is 1. The maximum Gasteiger partial charge on any atom is 0.254 e. The lowest BCUT2D eigenvalue weighted by Gasteiger charge is -2.26. The largest absolute Gasteiger partial charge is 0.331 e. The van der Waals surface area contributed by atoms with Crippen molar-refractivity contribution in [1.29, 1.82) is 0 Å². The predicted molar refractivity (Wildman–Crippen MR) is 81.3 cm³/mol. The van der Waals surface area contributed by atoms with Gasteiger partial charge in [0.1, 0.15) is 4.60 Å². The molecular weight excluding hydrogens is 324 g/mol. The fourth-order valence-electron chi connectivity index (χ4n) is 1.76. The van der Waals surface area contributed by atoms with Crippen LogP contribution in [0.4, 0.5) is 0 Å². The van der Waals surface area contributed by atoms with Crippen molar-refractivity contribution in [2.24, 2.45) is 0 Å². The van der Waals surface area contributed by atoms with Crippen LogP contribution in [0.1, 0.15) is 29.1 Å². The van der Waals surface area contributed by atoms with E-state index in [4.69, 9.17) is 0 Å². The van der Waals surface area contributed by atoms with E-state index in [1.165, 1.54) is 4.88 Å². The molecule has 19 heavy (non-hydrogen) atoms. The fraction of sp³-hybridized carbons (Fsp3) is 0.286. The van der Waals surface area contributed by atoms with Crippen molar-refractivity contribution >= 4 is 33.2 Å². The number of hydrogen-bond acceptors (Lipinski definition) is 3. The zero-order valence-electron chi connectivity index (χ0n) is 10.8. The number of thiophene rings is 1. The Morgan fingerprint density at radius 1 is 1.47 bits per heavy atom. The molecule has 2 heterocycles. The highest BCUT2D eigenvalue weighted by atomic mass is 79.9. The van der Waals surface area contributed by atoms with Crippen LogP contribution in [0.15, 0.2) is 40.4 Å². The van der Waals surface area contributed by atoms with Gasteiger partial charge in [0.05, 0.1) is 6.54 Å². The van der Waals surface area contributed by atoms with Crippen LogP contribution in [0.25, 0.3) is 0 Å². The van der Waals surface area contributed by atoms with Crippen LogP contribution >= 0.6 is 27.3 Å². The smallest absolute Gasteiger partial charge is 0.254 e. The topological polar surface area (TPSA) is 33.2 Å². The minimum Gasteiger partial charge on any atom is -0.331 e. The lowest BCUT2D eigenvalue weighted by atomic mass is 10.2. The Balaban J connectivity index is 2.21. The van der Waals surface area contributed by atoms with Crippen LogP contribution < -0.4 is 0 Å². The summed E-state index contributed by atoms with van der Waals surface area (Å²) in [6.45, 7) is 4.71. The van der Waals surface area contributed by atoms with Crippen LogP contribution in [0, 0.1) is 0 Å². The highest BCUT2D eigenvalue weighted by Gasteiger charge is 2.19. The van der Waals surface area contributed by atoms with E-state index in [0.717, 1.165) is 0 Å². The molecule has 1 amide bonds. The summed E-state index contributed by atoms with van der Waals surface area (Å²) in [6, 6.07) is 7.71. The van der Waals surface area contributed by atoms with E-state index < -0.39 is 0 Å². The van der Waals surface area contributed by atoms with E-state index >= 15 is 0 Å². The minimum atomic E-state index is 0.0338. The molecule has 0 N–H and O–H groups in total. The average molecular weight is 339 g/mol. The molecule has 0 aliphatic heterocycles. The summed E-state index contributed by atoms with van der Waals surface area (Å²) < 4.78 is 0.679. The number of nitrogens with zero attached hydrogens (tertiary/aromatic N) is 2. The molecule has 0 spiro atoms. The summed E-state index contributed by atoms with van der Waals surface area (Å²) in [5, 5.41) is 2.03. The van der Waals surface area contributed by atoms with Gasteiger partial charge in [-0.05, 0) is 53.4 Å². The summed E-state index contributed by atoms with van der Waals surface area (Å²) >= 11 is 4.97. The SMILES string of the molecule is CC(C)N(Cc1cccs1)C(=O)c1ccnc(Br)c1. The second-order valence-electron chi connectivity index (χ2n) is 4.47. The number of hydrogen-bond donors (Lipinski definition) is 0. The molecule has 2 aromatic heterocycles. The molecule has 0 aromatic carbocycles. The van der Waals surface area contributed by atoms with Crippen molar-refractivity contribution in [3.8, 4) is 0 Å². The van der Waals surface area contributed by atoms with Gasteiger partial charge in [-0.2, -0.15) is 0 Å². The standard InChI is InChI=1S/C14H15BrN2OS/c1-10(2)17(9-12-4-3-7-19-12)14(18)11-5-6-16-13(15)8-11/h3-8,10H,9H2,1-2H3. The Labute approximate surface area is 125 Å². The molecule has 0 saturated heterocycles. The molecule has 0 fully saturated rings. The highest BCUT2D eigenvalue weighted by Crippen LogP contribution is 2.18. The van der Waals surface area contributed by atoms with Gasteiger partial charge in [-0.3, -0.25) is 4.79 Å². The van der Waals surface area contributed by atoms with E-state index in [1.54, 1.807) is 29.7 Å². The van der Waals surface area contributed by atoms with Crippen molar-refractivity contribution in [3.05, 3.63) is 50.9 Å². The number of aromatic nitrogens is 1. The number of carbonyl (C=O) groups is 1. The predicted octanol–water partition coefficient (Wildman–Crippen LogP) is 3.96. The van der Waals surface area contributed by atoms with Gasteiger partial charge in [0.25, 0.3) is 5.91 Å². The molecular formula is C14H15BrN2OS. The van der Waals surface area contributed by atoms with Gasteiger partial charge in [0, 0.05) is 22.7 Å². The first-order valence-corrected chi connectivity index (χ1v) is 7.70. The molecule has 0 aliphatic rings. The normalized spacial score (nSPS) is 10.7. The zero-order valence-corrected chi connectivity index (χ0v) is 13.2. The zero-order chi connectivity index (χ0) is 13.8. The third kappa shape index (κ3) is 3.64. The molecule has 0 atom stereocenters. The first kappa shape index (κ1) is 14.2. The van der Waals surface area contributed by atoms with E-state index in [1.807, 2.05) is 30.2 Å². The summed E-state index contributed by atoms with van der Waals surface area (Å²) in [5.41, 5.74) is 0.659. The molecule has 5 heteroatoms. The molecule has 2 aromatic rings. The summed E-state index contributed by atoms with van der Waals surface area (Å²) in [6.07, 6.45) is 1.64. The molecule has 0 saturated carbocycles. The lowest BCUT2D eigenvalue weighted by Crippen LogP contribution is -2.36. The van der Waals surface area contributed by atoms with Crippen molar-refractivity contribution in [1.82, 2.24) is 9.88 Å². The van der Waals surface area contributed by atoms with Gasteiger partial charge in [-0.15, -0.1) is 11.3 Å². The van der Waals surface area contributed by atoms with Crippen LogP contribution in [0.5, 0.6) is 0 Å². The second-order valence-corrected chi connectivity index (χ2v) is 6.32. The van der Waals surface area contributed by atoms with Gasteiger partial charge in [-0.1, -0.05) is 6.07 Å². The van der Waals surface area contributed by atoms with Gasteiger partial charge >= 0.3 is 0 Å². The Morgan fingerprint density at radius 3 is 2.84 bits per heavy atom. The molecule has 2 rings (SSSR count). The summed E-state index contributed by atoms with van der Waals surface area (Å²) in [5.74, 6) is 0.0338. The minimum absolute atomic E-state index is 0.0338. The Hall–Kier alpha value is -1.20. The number of carbonyl (C=O) groups excluding carboxylic acids is 1. The van der Waals surface area contributed by atoms with Crippen molar-refractivity contribution in [3.63, 3.8) is 0 Å². The van der Waals surface area contributed by atoms with Crippen LogP contribution in [0.2, 0.25) is 0 Å². The maximum absolute atomic E-state index is 12.5. The molecule has 0 bridgehead atoms. The van der Waals surface area contributed by atoms with E-state index in [-0.39, 0.29) is 11.9 Å². The molecule has 0 unspecified atom stereocenters. The molecule has 3 nitrogen and oxygen atoms in total. The van der Waals surface area contributed by atoms with Crippen molar-refractivity contribution in [2.45, 2.75) is 26.4 Å². The van der Waals surface area contributed by atoms with Gasteiger partial charge in [0.15, 0.2) is 0 Å². The van der Waals surface area contributed by atoms with E-state index in [2.05, 4.69) is 27.0 Å². The second kappa shape index (κ2) is 6.30. The van der Waals surface area contributed by atoms with Gasteiger partial charge < -0.3 is 4.90 Å². The number of rotatable bonds is 4. The molecule has 0 aliphatic carbocycles. The van der Waals surface area contributed by atoms with Crippen molar-refractivity contribution < 1.29 is 4.79 Å².